The number of halogens is 1. The smallest absolute Gasteiger partial charge is 0.169 e. The zero-order valence-electron chi connectivity index (χ0n) is 9.53. The number of furan rings is 1. The van der Waals surface area contributed by atoms with E-state index < -0.39 is 0 Å². The van der Waals surface area contributed by atoms with E-state index in [2.05, 4.69) is 20.8 Å². The summed E-state index contributed by atoms with van der Waals surface area (Å²) in [5, 5.41) is 9.61. The van der Waals surface area contributed by atoms with Gasteiger partial charge in [0.25, 0.3) is 0 Å². The molecule has 0 aromatic carbocycles. The fourth-order valence-corrected chi connectivity index (χ4v) is 2.63. The second-order valence-corrected chi connectivity index (χ2v) is 5.37. The first-order chi connectivity index (χ1) is 7.65. The molecule has 1 aromatic heterocycles. The maximum atomic E-state index is 9.61. The van der Waals surface area contributed by atoms with Crippen LogP contribution in [0.4, 0.5) is 0 Å². The molecule has 0 aliphatic carbocycles. The molecule has 3 nitrogen and oxygen atoms in total. The standard InChI is InChI=1S/C12H18BrNO2/c1-9(15)10-3-2-6-14(7-10)8-11-4-5-12(13)16-11/h4-5,9-10,15H,2-3,6-8H2,1H3/t9-,10+/m0/s1. The van der Waals surface area contributed by atoms with Crippen LogP contribution in [0.2, 0.25) is 0 Å². The number of aliphatic hydroxyl groups is 1. The van der Waals surface area contributed by atoms with Crippen LogP contribution in [-0.2, 0) is 6.54 Å². The molecule has 1 saturated heterocycles. The zero-order chi connectivity index (χ0) is 11.5. The Bertz CT molecular complexity index is 338. The van der Waals surface area contributed by atoms with Gasteiger partial charge < -0.3 is 9.52 Å². The lowest BCUT2D eigenvalue weighted by molar-refractivity contribution is 0.0571. The van der Waals surface area contributed by atoms with Crippen LogP contribution in [0.25, 0.3) is 0 Å². The van der Waals surface area contributed by atoms with E-state index in [-0.39, 0.29) is 6.10 Å². The van der Waals surface area contributed by atoms with Crippen LogP contribution in [-0.4, -0.2) is 29.2 Å². The maximum Gasteiger partial charge on any atom is 0.169 e. The van der Waals surface area contributed by atoms with Crippen LogP contribution in [0.1, 0.15) is 25.5 Å². The molecule has 0 spiro atoms. The second-order valence-electron chi connectivity index (χ2n) is 4.58. The first-order valence-electron chi connectivity index (χ1n) is 5.80. The monoisotopic (exact) mass is 287 g/mol. The van der Waals surface area contributed by atoms with E-state index in [0.29, 0.717) is 5.92 Å². The Hall–Kier alpha value is -0.320. The number of likely N-dealkylation sites (tertiary alicyclic amines) is 1. The van der Waals surface area contributed by atoms with Crippen molar-refractivity contribution in [1.82, 2.24) is 4.90 Å². The Kier molecular flexibility index (Phi) is 4.05. The van der Waals surface area contributed by atoms with E-state index >= 15 is 0 Å². The molecule has 0 bridgehead atoms. The number of hydrogen-bond donors (Lipinski definition) is 1. The lowest BCUT2D eigenvalue weighted by Gasteiger charge is -2.33. The minimum atomic E-state index is -0.203. The quantitative estimate of drug-likeness (QED) is 0.929. The molecule has 1 aromatic rings. The third-order valence-electron chi connectivity index (χ3n) is 3.23. The SMILES string of the molecule is C[C@H](O)[C@@H]1CCCN(Cc2ccc(Br)o2)C1. The number of hydrogen-bond acceptors (Lipinski definition) is 3. The summed E-state index contributed by atoms with van der Waals surface area (Å²) in [6, 6.07) is 3.92. The number of rotatable bonds is 3. The number of nitrogens with zero attached hydrogens (tertiary/aromatic N) is 1. The highest BCUT2D eigenvalue weighted by Crippen LogP contribution is 2.22. The molecule has 1 aliphatic rings. The van der Waals surface area contributed by atoms with Crippen molar-refractivity contribution in [3.8, 4) is 0 Å². The average molecular weight is 288 g/mol. The number of aliphatic hydroxyl groups excluding tert-OH is 1. The summed E-state index contributed by atoms with van der Waals surface area (Å²) in [5.41, 5.74) is 0. The van der Waals surface area contributed by atoms with Crippen molar-refractivity contribution in [2.24, 2.45) is 5.92 Å². The van der Waals surface area contributed by atoms with Gasteiger partial charge in [0.15, 0.2) is 4.67 Å². The van der Waals surface area contributed by atoms with Crippen LogP contribution < -0.4 is 0 Å². The van der Waals surface area contributed by atoms with Crippen molar-refractivity contribution in [3.05, 3.63) is 22.6 Å². The van der Waals surface area contributed by atoms with Crippen LogP contribution in [0.5, 0.6) is 0 Å². The van der Waals surface area contributed by atoms with Crippen LogP contribution >= 0.6 is 15.9 Å². The third kappa shape index (κ3) is 3.09. The highest BCUT2D eigenvalue weighted by atomic mass is 79.9. The van der Waals surface area contributed by atoms with Gasteiger partial charge in [0, 0.05) is 6.54 Å². The fraction of sp³-hybridized carbons (Fsp3) is 0.667. The van der Waals surface area contributed by atoms with E-state index in [1.807, 2.05) is 19.1 Å². The van der Waals surface area contributed by atoms with Gasteiger partial charge in [-0.2, -0.15) is 0 Å². The molecule has 1 fully saturated rings. The molecule has 1 aliphatic heterocycles. The Morgan fingerprint density at radius 1 is 1.62 bits per heavy atom. The fourth-order valence-electron chi connectivity index (χ4n) is 2.29. The molecule has 2 atom stereocenters. The summed E-state index contributed by atoms with van der Waals surface area (Å²) in [4.78, 5) is 2.35. The molecule has 0 amide bonds. The summed E-state index contributed by atoms with van der Waals surface area (Å²) in [7, 11) is 0. The van der Waals surface area contributed by atoms with Gasteiger partial charge in [-0.1, -0.05) is 0 Å². The molecule has 90 valence electrons. The molecule has 2 heterocycles. The molecular formula is C12H18BrNO2. The highest BCUT2D eigenvalue weighted by Gasteiger charge is 2.23. The topological polar surface area (TPSA) is 36.6 Å². The van der Waals surface area contributed by atoms with E-state index in [0.717, 1.165) is 42.9 Å². The average Bonchev–Trinajstić information content (AvgIpc) is 2.64. The van der Waals surface area contributed by atoms with Gasteiger partial charge in [0.1, 0.15) is 5.76 Å². The molecular weight excluding hydrogens is 270 g/mol. The minimum absolute atomic E-state index is 0.203. The van der Waals surface area contributed by atoms with Gasteiger partial charge in [0.2, 0.25) is 0 Å². The summed E-state index contributed by atoms with van der Waals surface area (Å²) in [6.07, 6.45) is 2.10. The van der Waals surface area contributed by atoms with E-state index in [1.165, 1.54) is 0 Å². The second kappa shape index (κ2) is 5.34. The first kappa shape index (κ1) is 12.1. The molecule has 0 unspecified atom stereocenters. The molecule has 0 saturated carbocycles. The van der Waals surface area contributed by atoms with E-state index in [9.17, 15) is 5.11 Å². The Labute approximate surface area is 105 Å². The van der Waals surface area contributed by atoms with Crippen molar-refractivity contribution < 1.29 is 9.52 Å². The molecule has 1 N–H and O–H groups in total. The van der Waals surface area contributed by atoms with Gasteiger partial charge >= 0.3 is 0 Å². The van der Waals surface area contributed by atoms with Gasteiger partial charge in [0.05, 0.1) is 12.6 Å². The lowest BCUT2D eigenvalue weighted by Crippen LogP contribution is -2.38. The van der Waals surface area contributed by atoms with Crippen molar-refractivity contribution in [2.45, 2.75) is 32.4 Å². The van der Waals surface area contributed by atoms with Crippen molar-refractivity contribution >= 4 is 15.9 Å². The van der Waals surface area contributed by atoms with Gasteiger partial charge in [-0.05, 0) is 60.3 Å². The summed E-state index contributed by atoms with van der Waals surface area (Å²) < 4.78 is 6.28. The largest absolute Gasteiger partial charge is 0.453 e. The Morgan fingerprint density at radius 3 is 3.06 bits per heavy atom. The van der Waals surface area contributed by atoms with Gasteiger partial charge in [-0.25, -0.2) is 0 Å². The minimum Gasteiger partial charge on any atom is -0.453 e. The van der Waals surface area contributed by atoms with Crippen LogP contribution in [0.15, 0.2) is 21.2 Å². The summed E-state index contributed by atoms with van der Waals surface area (Å²) in [5.74, 6) is 1.39. The summed E-state index contributed by atoms with van der Waals surface area (Å²) >= 11 is 3.31. The Balaban J connectivity index is 1.90. The summed E-state index contributed by atoms with van der Waals surface area (Å²) in [6.45, 7) is 4.80. The predicted octanol–water partition coefficient (Wildman–Crippen LogP) is 2.63. The molecule has 2 rings (SSSR count). The third-order valence-corrected chi connectivity index (χ3v) is 3.66. The Morgan fingerprint density at radius 2 is 2.44 bits per heavy atom. The van der Waals surface area contributed by atoms with Gasteiger partial charge in [-0.3, -0.25) is 4.90 Å². The van der Waals surface area contributed by atoms with Crippen LogP contribution in [0, 0.1) is 5.92 Å². The molecule has 16 heavy (non-hydrogen) atoms. The normalized spacial score (nSPS) is 24.6. The molecule has 0 radical (unpaired) electrons. The zero-order valence-corrected chi connectivity index (χ0v) is 11.1. The van der Waals surface area contributed by atoms with Crippen LogP contribution in [0.3, 0.4) is 0 Å². The van der Waals surface area contributed by atoms with Crippen molar-refractivity contribution in [2.75, 3.05) is 13.1 Å². The maximum absolute atomic E-state index is 9.61. The van der Waals surface area contributed by atoms with E-state index in [4.69, 9.17) is 4.42 Å². The first-order valence-corrected chi connectivity index (χ1v) is 6.59. The highest BCUT2D eigenvalue weighted by molar-refractivity contribution is 9.10. The predicted molar refractivity (Wildman–Crippen MR) is 66.1 cm³/mol. The number of piperidine rings is 1. The van der Waals surface area contributed by atoms with E-state index in [1.54, 1.807) is 0 Å². The van der Waals surface area contributed by atoms with Gasteiger partial charge in [-0.15, -0.1) is 0 Å². The lowest BCUT2D eigenvalue weighted by atomic mass is 9.93. The van der Waals surface area contributed by atoms with Crippen molar-refractivity contribution in [1.29, 1.82) is 0 Å². The molecule has 4 heteroatoms. The van der Waals surface area contributed by atoms with Crippen molar-refractivity contribution in [3.63, 3.8) is 0 Å².